The smallest absolute Gasteiger partial charge is 0.264 e. The molecule has 0 spiro atoms. The van der Waals surface area contributed by atoms with Crippen molar-refractivity contribution in [2.24, 2.45) is 0 Å². The molecule has 0 aliphatic carbocycles. The largest absolute Gasteiger partial charge is 0.318 e. The molecule has 22 heavy (non-hydrogen) atoms. The molecule has 0 atom stereocenters. The van der Waals surface area contributed by atoms with Gasteiger partial charge in [-0.25, -0.2) is 0 Å². The summed E-state index contributed by atoms with van der Waals surface area (Å²) < 4.78 is 3.19. The van der Waals surface area contributed by atoms with E-state index >= 15 is 0 Å². The van der Waals surface area contributed by atoms with Gasteiger partial charge in [-0.3, -0.25) is 10.2 Å². The van der Waals surface area contributed by atoms with E-state index in [0.717, 1.165) is 38.9 Å². The van der Waals surface area contributed by atoms with E-state index in [2.05, 4.69) is 31.9 Å². The van der Waals surface area contributed by atoms with Crippen LogP contribution in [0.2, 0.25) is 0 Å². The van der Waals surface area contributed by atoms with Gasteiger partial charge in [0, 0.05) is 21.5 Å². The lowest BCUT2D eigenvalue weighted by atomic mass is 10.2. The number of nitrogens with one attached hydrogen (secondary N) is 2. The fraction of sp³-hybridized carbons (Fsp3) is 0.125. The SMILES string of the molecule is Cc1cc(/C=C2\SC(=N)NC2=O)c(C)n1-c1ccc(Br)cc1. The number of halogens is 1. The van der Waals surface area contributed by atoms with Crippen molar-refractivity contribution in [2.45, 2.75) is 13.8 Å². The van der Waals surface area contributed by atoms with Crippen molar-refractivity contribution in [3.8, 4) is 5.69 Å². The number of amidine groups is 1. The summed E-state index contributed by atoms with van der Waals surface area (Å²) in [6.07, 6.45) is 1.85. The van der Waals surface area contributed by atoms with Crippen LogP contribution in [0.25, 0.3) is 11.8 Å². The second-order valence-corrected chi connectivity index (χ2v) is 7.00. The summed E-state index contributed by atoms with van der Waals surface area (Å²) in [4.78, 5) is 12.3. The monoisotopic (exact) mass is 375 g/mol. The fourth-order valence-corrected chi connectivity index (χ4v) is 3.46. The third kappa shape index (κ3) is 2.76. The normalized spacial score (nSPS) is 16.4. The maximum absolute atomic E-state index is 11.7. The number of aromatic nitrogens is 1. The van der Waals surface area contributed by atoms with Gasteiger partial charge >= 0.3 is 0 Å². The van der Waals surface area contributed by atoms with Crippen molar-refractivity contribution >= 4 is 44.8 Å². The number of nitrogens with zero attached hydrogens (tertiary/aromatic N) is 1. The standard InChI is InChI=1S/C16H14BrN3OS/c1-9-7-11(8-14-15(21)19-16(18)22-14)10(2)20(9)13-5-3-12(17)4-6-13/h3-8H,1-2H3,(H2,18,19,21)/b14-8-. The second-order valence-electron chi connectivity index (χ2n) is 5.03. The zero-order chi connectivity index (χ0) is 15.9. The molecule has 0 unspecified atom stereocenters. The first-order valence-electron chi connectivity index (χ1n) is 6.70. The molecule has 1 aliphatic rings. The van der Waals surface area contributed by atoms with Crippen molar-refractivity contribution in [3.05, 3.63) is 56.7 Å². The van der Waals surface area contributed by atoms with Gasteiger partial charge in [-0.15, -0.1) is 0 Å². The summed E-state index contributed by atoms with van der Waals surface area (Å²) in [5.74, 6) is -0.205. The van der Waals surface area contributed by atoms with Crippen LogP contribution < -0.4 is 5.32 Å². The fourth-order valence-electron chi connectivity index (χ4n) is 2.50. The molecule has 6 heteroatoms. The summed E-state index contributed by atoms with van der Waals surface area (Å²) in [6.45, 7) is 4.07. The number of aryl methyl sites for hydroxylation is 1. The van der Waals surface area contributed by atoms with E-state index in [9.17, 15) is 4.79 Å². The first-order chi connectivity index (χ1) is 10.5. The van der Waals surface area contributed by atoms with E-state index in [0.29, 0.717) is 4.91 Å². The van der Waals surface area contributed by atoms with Crippen molar-refractivity contribution in [2.75, 3.05) is 0 Å². The van der Waals surface area contributed by atoms with Crippen LogP contribution in [0.1, 0.15) is 17.0 Å². The Morgan fingerprint density at radius 2 is 1.95 bits per heavy atom. The Bertz CT molecular complexity index is 806. The highest BCUT2D eigenvalue weighted by molar-refractivity contribution is 9.10. The summed E-state index contributed by atoms with van der Waals surface area (Å²) >= 11 is 4.60. The Morgan fingerprint density at radius 3 is 2.55 bits per heavy atom. The minimum atomic E-state index is -0.205. The Morgan fingerprint density at radius 1 is 1.27 bits per heavy atom. The average molecular weight is 376 g/mol. The molecule has 1 aromatic heterocycles. The Kier molecular flexibility index (Phi) is 3.97. The van der Waals surface area contributed by atoms with Crippen molar-refractivity contribution in [1.29, 1.82) is 5.41 Å². The van der Waals surface area contributed by atoms with Gasteiger partial charge in [0.2, 0.25) is 0 Å². The lowest BCUT2D eigenvalue weighted by molar-refractivity contribution is -0.115. The predicted octanol–water partition coefficient (Wildman–Crippen LogP) is 4.00. The molecule has 0 bridgehead atoms. The molecule has 1 aliphatic heterocycles. The van der Waals surface area contributed by atoms with E-state index in [1.165, 1.54) is 0 Å². The van der Waals surface area contributed by atoms with Gasteiger partial charge in [-0.1, -0.05) is 15.9 Å². The lowest BCUT2D eigenvalue weighted by Gasteiger charge is -2.09. The third-order valence-corrected chi connectivity index (χ3v) is 4.86. The van der Waals surface area contributed by atoms with Crippen LogP contribution in [0.4, 0.5) is 0 Å². The van der Waals surface area contributed by atoms with Crippen molar-refractivity contribution in [1.82, 2.24) is 9.88 Å². The molecule has 1 amide bonds. The highest BCUT2D eigenvalue weighted by atomic mass is 79.9. The van der Waals surface area contributed by atoms with E-state index in [-0.39, 0.29) is 11.1 Å². The first kappa shape index (κ1) is 15.1. The number of amides is 1. The van der Waals surface area contributed by atoms with E-state index in [1.54, 1.807) is 0 Å². The first-order valence-corrected chi connectivity index (χ1v) is 8.31. The number of rotatable bonds is 2. The minimum Gasteiger partial charge on any atom is -0.318 e. The number of benzene rings is 1. The highest BCUT2D eigenvalue weighted by Crippen LogP contribution is 2.29. The number of hydrogen-bond donors (Lipinski definition) is 2. The molecule has 3 rings (SSSR count). The van der Waals surface area contributed by atoms with Gasteiger partial charge < -0.3 is 9.88 Å². The van der Waals surface area contributed by atoms with E-state index in [4.69, 9.17) is 5.41 Å². The van der Waals surface area contributed by atoms with Crippen LogP contribution in [-0.4, -0.2) is 15.6 Å². The van der Waals surface area contributed by atoms with Gasteiger partial charge in [0.05, 0.1) is 4.91 Å². The van der Waals surface area contributed by atoms with Crippen molar-refractivity contribution in [3.63, 3.8) is 0 Å². The second kappa shape index (κ2) is 5.78. The molecule has 0 radical (unpaired) electrons. The topological polar surface area (TPSA) is 57.9 Å². The Labute approximate surface area is 141 Å². The van der Waals surface area contributed by atoms with E-state index < -0.39 is 0 Å². The quantitative estimate of drug-likeness (QED) is 0.779. The molecule has 112 valence electrons. The number of carbonyl (C=O) groups is 1. The van der Waals surface area contributed by atoms with E-state index in [1.807, 2.05) is 44.2 Å². The third-order valence-electron chi connectivity index (χ3n) is 3.50. The molecular weight excluding hydrogens is 362 g/mol. The molecule has 1 aromatic carbocycles. The zero-order valence-electron chi connectivity index (χ0n) is 12.1. The minimum absolute atomic E-state index is 0.179. The number of thioether (sulfide) groups is 1. The molecule has 1 fully saturated rings. The Hall–Kier alpha value is -1.79. The highest BCUT2D eigenvalue weighted by Gasteiger charge is 2.23. The zero-order valence-corrected chi connectivity index (χ0v) is 14.5. The van der Waals surface area contributed by atoms with Crippen LogP contribution in [0.5, 0.6) is 0 Å². The Balaban J connectivity index is 2.04. The number of hydrogen-bond acceptors (Lipinski definition) is 3. The van der Waals surface area contributed by atoms with Crippen LogP contribution in [0, 0.1) is 19.3 Å². The average Bonchev–Trinajstić information content (AvgIpc) is 2.92. The molecule has 2 heterocycles. The number of carbonyl (C=O) groups excluding carboxylic acids is 1. The van der Waals surface area contributed by atoms with Crippen LogP contribution >= 0.6 is 27.7 Å². The molecule has 2 aromatic rings. The van der Waals surface area contributed by atoms with Crippen LogP contribution in [0.15, 0.2) is 39.7 Å². The van der Waals surface area contributed by atoms with Crippen LogP contribution in [-0.2, 0) is 4.79 Å². The molecule has 2 N–H and O–H groups in total. The molecule has 4 nitrogen and oxygen atoms in total. The van der Waals surface area contributed by atoms with Gasteiger partial charge in [0.1, 0.15) is 0 Å². The van der Waals surface area contributed by atoms with Gasteiger partial charge in [-0.2, -0.15) is 0 Å². The summed E-state index contributed by atoms with van der Waals surface area (Å²) in [6, 6.07) is 10.2. The van der Waals surface area contributed by atoms with Gasteiger partial charge in [-0.05, 0) is 67.6 Å². The van der Waals surface area contributed by atoms with Gasteiger partial charge in [0.25, 0.3) is 5.91 Å². The maximum atomic E-state index is 11.7. The summed E-state index contributed by atoms with van der Waals surface area (Å²) in [5, 5.41) is 10.2. The molecule has 0 saturated carbocycles. The maximum Gasteiger partial charge on any atom is 0.264 e. The summed E-state index contributed by atoms with van der Waals surface area (Å²) in [5.41, 5.74) is 4.25. The lowest BCUT2D eigenvalue weighted by Crippen LogP contribution is -2.18. The molecule has 1 saturated heterocycles. The molecular formula is C16H14BrN3OS. The van der Waals surface area contributed by atoms with Crippen LogP contribution in [0.3, 0.4) is 0 Å². The predicted molar refractivity (Wildman–Crippen MR) is 94.4 cm³/mol. The van der Waals surface area contributed by atoms with Crippen molar-refractivity contribution < 1.29 is 4.79 Å². The summed E-state index contributed by atoms with van der Waals surface area (Å²) in [7, 11) is 0. The van der Waals surface area contributed by atoms with Gasteiger partial charge in [0.15, 0.2) is 5.17 Å².